The summed E-state index contributed by atoms with van der Waals surface area (Å²) in [4.78, 5) is 35.6. The van der Waals surface area contributed by atoms with Crippen molar-refractivity contribution in [2.45, 2.75) is 43.8 Å². The van der Waals surface area contributed by atoms with E-state index in [-0.39, 0.29) is 24.4 Å². The van der Waals surface area contributed by atoms with Crippen LogP contribution in [0.4, 0.5) is 0 Å². The highest BCUT2D eigenvalue weighted by Crippen LogP contribution is 2.34. The van der Waals surface area contributed by atoms with E-state index in [0.29, 0.717) is 30.6 Å². The van der Waals surface area contributed by atoms with Gasteiger partial charge in [-0.05, 0) is 31.2 Å². The molecule has 4 rings (SSSR count). The van der Waals surface area contributed by atoms with E-state index in [0.717, 1.165) is 29.7 Å². The summed E-state index contributed by atoms with van der Waals surface area (Å²) < 4.78 is 22.8. The Balaban J connectivity index is 1.45. The quantitative estimate of drug-likeness (QED) is 0.768. The summed E-state index contributed by atoms with van der Waals surface area (Å²) in [6.07, 6.45) is 3.89. The largest absolute Gasteiger partial charge is 0.341 e. The SMILES string of the molecule is NS(=O)(=O)C1CCN(C(=O)CCc2nc3sc4c(c3c(=O)[nH]2)CCC4)C1. The number of nitrogens with zero attached hydrogens (tertiary/aromatic N) is 2. The molecule has 26 heavy (non-hydrogen) atoms. The molecule has 1 fully saturated rings. The molecule has 1 saturated heterocycles. The van der Waals surface area contributed by atoms with Gasteiger partial charge in [-0.1, -0.05) is 0 Å². The van der Waals surface area contributed by atoms with E-state index in [1.54, 1.807) is 11.3 Å². The van der Waals surface area contributed by atoms with E-state index in [2.05, 4.69) is 9.97 Å². The molecule has 1 aliphatic heterocycles. The molecule has 2 aliphatic rings. The number of aryl methyl sites for hydroxylation is 3. The van der Waals surface area contributed by atoms with Gasteiger partial charge >= 0.3 is 0 Å². The predicted molar refractivity (Wildman–Crippen MR) is 98.7 cm³/mol. The molecule has 0 saturated carbocycles. The van der Waals surface area contributed by atoms with Crippen molar-refractivity contribution in [1.82, 2.24) is 14.9 Å². The summed E-state index contributed by atoms with van der Waals surface area (Å²) >= 11 is 1.57. The van der Waals surface area contributed by atoms with E-state index in [9.17, 15) is 18.0 Å². The first-order valence-electron chi connectivity index (χ1n) is 8.66. The number of hydrogen-bond donors (Lipinski definition) is 2. The third-order valence-electron chi connectivity index (χ3n) is 5.16. The monoisotopic (exact) mass is 396 g/mol. The molecule has 1 atom stereocenters. The summed E-state index contributed by atoms with van der Waals surface area (Å²) in [6, 6.07) is 0. The number of aromatic nitrogens is 2. The van der Waals surface area contributed by atoms with Crippen LogP contribution in [0.2, 0.25) is 0 Å². The number of H-pyrrole nitrogens is 1. The fraction of sp³-hybridized carbons (Fsp3) is 0.562. The number of thiophene rings is 1. The number of fused-ring (bicyclic) bond motifs is 3. The van der Waals surface area contributed by atoms with Crippen LogP contribution in [-0.4, -0.2) is 47.5 Å². The number of amides is 1. The van der Waals surface area contributed by atoms with Crippen molar-refractivity contribution in [2.24, 2.45) is 5.14 Å². The van der Waals surface area contributed by atoms with Gasteiger partial charge in [-0.2, -0.15) is 0 Å². The number of sulfonamides is 1. The number of nitrogens with two attached hydrogens (primary N) is 1. The van der Waals surface area contributed by atoms with Crippen LogP contribution >= 0.6 is 11.3 Å². The molecule has 0 spiro atoms. The Kier molecular flexibility index (Phi) is 4.36. The van der Waals surface area contributed by atoms with Gasteiger partial charge in [0.05, 0.1) is 10.6 Å². The maximum absolute atomic E-state index is 12.4. The third-order valence-corrected chi connectivity index (χ3v) is 7.66. The molecular formula is C16H20N4O4S2. The summed E-state index contributed by atoms with van der Waals surface area (Å²) in [5.74, 6) is 0.352. The fourth-order valence-electron chi connectivity index (χ4n) is 3.77. The summed E-state index contributed by atoms with van der Waals surface area (Å²) in [6.45, 7) is 0.527. The Labute approximate surface area is 154 Å². The first-order chi connectivity index (χ1) is 12.3. The number of rotatable bonds is 4. The van der Waals surface area contributed by atoms with Crippen molar-refractivity contribution in [3.8, 4) is 0 Å². The molecule has 2 aromatic rings. The summed E-state index contributed by atoms with van der Waals surface area (Å²) in [7, 11) is -3.62. The van der Waals surface area contributed by atoms with Crippen LogP contribution in [0.25, 0.3) is 10.2 Å². The second kappa shape index (κ2) is 6.43. The molecule has 1 unspecified atom stereocenters. The minimum atomic E-state index is -3.62. The van der Waals surface area contributed by atoms with Crippen LogP contribution in [0.3, 0.4) is 0 Å². The van der Waals surface area contributed by atoms with Crippen molar-refractivity contribution in [1.29, 1.82) is 0 Å². The van der Waals surface area contributed by atoms with Crippen molar-refractivity contribution in [3.63, 3.8) is 0 Å². The highest BCUT2D eigenvalue weighted by Gasteiger charge is 2.32. The Morgan fingerprint density at radius 2 is 2.19 bits per heavy atom. The van der Waals surface area contributed by atoms with E-state index >= 15 is 0 Å². The van der Waals surface area contributed by atoms with E-state index in [1.165, 1.54) is 9.78 Å². The Morgan fingerprint density at radius 1 is 1.38 bits per heavy atom. The highest BCUT2D eigenvalue weighted by molar-refractivity contribution is 7.89. The van der Waals surface area contributed by atoms with Gasteiger partial charge in [-0.3, -0.25) is 9.59 Å². The maximum atomic E-state index is 12.4. The first kappa shape index (κ1) is 17.6. The van der Waals surface area contributed by atoms with Crippen molar-refractivity contribution in [3.05, 3.63) is 26.6 Å². The predicted octanol–water partition coefficient (Wildman–Crippen LogP) is 0.295. The Bertz CT molecular complexity index is 1040. The number of carbonyl (C=O) groups excluding carboxylic acids is 1. The lowest BCUT2D eigenvalue weighted by Crippen LogP contribution is -2.34. The maximum Gasteiger partial charge on any atom is 0.259 e. The molecule has 1 aliphatic carbocycles. The zero-order valence-electron chi connectivity index (χ0n) is 14.2. The number of aromatic amines is 1. The summed E-state index contributed by atoms with van der Waals surface area (Å²) in [5, 5.41) is 5.17. The molecule has 2 aromatic heterocycles. The van der Waals surface area contributed by atoms with Crippen LogP contribution in [0.5, 0.6) is 0 Å². The number of hydrogen-bond acceptors (Lipinski definition) is 6. The third kappa shape index (κ3) is 3.17. The Morgan fingerprint density at radius 3 is 2.92 bits per heavy atom. The second-order valence-corrected chi connectivity index (χ2v) is 9.82. The molecule has 0 aromatic carbocycles. The van der Waals surface area contributed by atoms with Crippen LogP contribution in [0.15, 0.2) is 4.79 Å². The lowest BCUT2D eigenvalue weighted by molar-refractivity contribution is -0.130. The van der Waals surface area contributed by atoms with Crippen molar-refractivity contribution in [2.75, 3.05) is 13.1 Å². The standard InChI is InChI=1S/C16H20N4O4S2/c17-26(23,24)9-6-7-20(8-9)13(21)5-4-12-18-15(22)14-10-2-1-3-11(10)25-16(14)19-12/h9H,1-8H2,(H2,17,23,24)(H,18,19,22). The average molecular weight is 396 g/mol. The number of primary sulfonamides is 1. The van der Waals surface area contributed by atoms with Gasteiger partial charge in [0.25, 0.3) is 5.56 Å². The number of carbonyl (C=O) groups is 1. The van der Waals surface area contributed by atoms with Crippen LogP contribution in [0.1, 0.15) is 35.5 Å². The van der Waals surface area contributed by atoms with Gasteiger partial charge in [0.15, 0.2) is 0 Å². The molecule has 1 amide bonds. The van der Waals surface area contributed by atoms with Crippen LogP contribution in [-0.2, 0) is 34.1 Å². The lowest BCUT2D eigenvalue weighted by atomic mass is 10.2. The number of nitrogens with one attached hydrogen (secondary N) is 1. The highest BCUT2D eigenvalue weighted by atomic mass is 32.2. The average Bonchev–Trinajstić information content (AvgIpc) is 3.26. The van der Waals surface area contributed by atoms with E-state index in [1.807, 2.05) is 0 Å². The van der Waals surface area contributed by atoms with Gasteiger partial charge in [0.2, 0.25) is 15.9 Å². The van der Waals surface area contributed by atoms with Crippen molar-refractivity contribution >= 4 is 37.5 Å². The molecule has 0 bridgehead atoms. The van der Waals surface area contributed by atoms with Gasteiger partial charge < -0.3 is 9.88 Å². The van der Waals surface area contributed by atoms with Crippen molar-refractivity contribution < 1.29 is 13.2 Å². The normalized spacial score (nSPS) is 20.0. The minimum absolute atomic E-state index is 0.132. The number of likely N-dealkylation sites (tertiary alicyclic amines) is 1. The second-order valence-electron chi connectivity index (χ2n) is 6.89. The van der Waals surface area contributed by atoms with Gasteiger partial charge in [0, 0.05) is 30.8 Å². The zero-order chi connectivity index (χ0) is 18.5. The molecule has 3 heterocycles. The topological polar surface area (TPSA) is 126 Å². The Hall–Kier alpha value is -1.78. The molecule has 8 nitrogen and oxygen atoms in total. The molecule has 10 heteroatoms. The molecular weight excluding hydrogens is 376 g/mol. The minimum Gasteiger partial charge on any atom is -0.341 e. The van der Waals surface area contributed by atoms with E-state index in [4.69, 9.17) is 5.14 Å². The van der Waals surface area contributed by atoms with Crippen LogP contribution in [0, 0.1) is 0 Å². The molecule has 0 radical (unpaired) electrons. The fourth-order valence-corrected chi connectivity index (χ4v) is 5.87. The molecule has 3 N–H and O–H groups in total. The first-order valence-corrected chi connectivity index (χ1v) is 11.1. The van der Waals surface area contributed by atoms with Crippen LogP contribution < -0.4 is 10.7 Å². The summed E-state index contributed by atoms with van der Waals surface area (Å²) in [5.41, 5.74) is 1.000. The van der Waals surface area contributed by atoms with Gasteiger partial charge in [-0.25, -0.2) is 18.5 Å². The van der Waals surface area contributed by atoms with Gasteiger partial charge in [-0.15, -0.1) is 11.3 Å². The lowest BCUT2D eigenvalue weighted by Gasteiger charge is -2.15. The van der Waals surface area contributed by atoms with Gasteiger partial charge in [0.1, 0.15) is 10.7 Å². The molecule has 140 valence electrons. The van der Waals surface area contributed by atoms with E-state index < -0.39 is 15.3 Å². The zero-order valence-corrected chi connectivity index (χ0v) is 15.8. The smallest absolute Gasteiger partial charge is 0.259 e.